The van der Waals surface area contributed by atoms with Gasteiger partial charge in [-0.15, -0.1) is 0 Å². The lowest BCUT2D eigenvalue weighted by atomic mass is 9.93. The summed E-state index contributed by atoms with van der Waals surface area (Å²) in [7, 11) is 1.83. The summed E-state index contributed by atoms with van der Waals surface area (Å²) in [5.41, 5.74) is 3.57. The van der Waals surface area contributed by atoms with Gasteiger partial charge in [0.15, 0.2) is 0 Å². The quantitative estimate of drug-likeness (QED) is 0.477. The summed E-state index contributed by atoms with van der Waals surface area (Å²) < 4.78 is 0. The van der Waals surface area contributed by atoms with E-state index >= 15 is 0 Å². The molecule has 0 spiro atoms. The van der Waals surface area contributed by atoms with E-state index in [-0.39, 0.29) is 23.8 Å². The number of likely N-dealkylation sites (N-methyl/N-ethyl adjacent to an activating group) is 1. The number of amides is 1. The SMILES string of the molecule is CNC(C(=O)N(Cc1ccccc1SN)C(C=O)C(C)C)C1Cc2ccccc2C1. The van der Waals surface area contributed by atoms with Crippen molar-refractivity contribution in [2.24, 2.45) is 17.0 Å². The van der Waals surface area contributed by atoms with Gasteiger partial charge in [-0.05, 0) is 66.4 Å². The molecule has 1 amide bonds. The van der Waals surface area contributed by atoms with Crippen molar-refractivity contribution in [1.82, 2.24) is 10.2 Å². The van der Waals surface area contributed by atoms with Gasteiger partial charge in [0.2, 0.25) is 5.91 Å². The lowest BCUT2D eigenvalue weighted by molar-refractivity contribution is -0.141. The summed E-state index contributed by atoms with van der Waals surface area (Å²) in [6.45, 7) is 4.31. The van der Waals surface area contributed by atoms with Crippen molar-refractivity contribution in [2.45, 2.75) is 50.2 Å². The molecule has 2 aromatic rings. The largest absolute Gasteiger partial charge is 0.327 e. The molecule has 0 fully saturated rings. The average molecular weight is 426 g/mol. The van der Waals surface area contributed by atoms with Crippen LogP contribution in [0.1, 0.15) is 30.5 Å². The van der Waals surface area contributed by atoms with Crippen LogP contribution in [0.4, 0.5) is 0 Å². The molecule has 2 unspecified atom stereocenters. The summed E-state index contributed by atoms with van der Waals surface area (Å²) in [4.78, 5) is 28.4. The highest BCUT2D eigenvalue weighted by atomic mass is 32.2. The number of nitrogens with one attached hydrogen (secondary N) is 1. The molecule has 0 aromatic heterocycles. The van der Waals surface area contributed by atoms with Crippen LogP contribution in [0.2, 0.25) is 0 Å². The fourth-order valence-corrected chi connectivity index (χ4v) is 4.86. The lowest BCUT2D eigenvalue weighted by Gasteiger charge is -2.35. The van der Waals surface area contributed by atoms with E-state index in [1.807, 2.05) is 57.3 Å². The molecule has 2 aromatic carbocycles. The van der Waals surface area contributed by atoms with Crippen LogP contribution in [0.25, 0.3) is 0 Å². The van der Waals surface area contributed by atoms with Gasteiger partial charge in [0.25, 0.3) is 0 Å². The van der Waals surface area contributed by atoms with Crippen molar-refractivity contribution in [3.63, 3.8) is 0 Å². The molecule has 30 heavy (non-hydrogen) atoms. The van der Waals surface area contributed by atoms with Crippen LogP contribution in [-0.4, -0.2) is 36.2 Å². The number of carbonyl (C=O) groups excluding carboxylic acids is 2. The second-order valence-electron chi connectivity index (χ2n) is 8.27. The van der Waals surface area contributed by atoms with Gasteiger partial charge in [-0.2, -0.15) is 0 Å². The summed E-state index contributed by atoms with van der Waals surface area (Å²) >= 11 is 1.17. The molecule has 0 aliphatic heterocycles. The highest BCUT2D eigenvalue weighted by molar-refractivity contribution is 7.97. The zero-order valence-electron chi connectivity index (χ0n) is 17.9. The van der Waals surface area contributed by atoms with Crippen molar-refractivity contribution in [1.29, 1.82) is 0 Å². The van der Waals surface area contributed by atoms with E-state index in [1.165, 1.54) is 23.1 Å². The Morgan fingerprint density at radius 1 is 1.17 bits per heavy atom. The third-order valence-electron chi connectivity index (χ3n) is 6.04. The summed E-state index contributed by atoms with van der Waals surface area (Å²) in [5, 5.41) is 9.09. The van der Waals surface area contributed by atoms with E-state index in [0.29, 0.717) is 6.54 Å². The molecule has 5 nitrogen and oxygen atoms in total. The molecular weight excluding hydrogens is 394 g/mol. The number of carbonyl (C=O) groups is 2. The predicted molar refractivity (Wildman–Crippen MR) is 122 cm³/mol. The molecule has 0 saturated carbocycles. The van der Waals surface area contributed by atoms with E-state index in [0.717, 1.165) is 29.6 Å². The smallest absolute Gasteiger partial charge is 0.240 e. The Labute approximate surface area is 183 Å². The van der Waals surface area contributed by atoms with E-state index in [4.69, 9.17) is 5.14 Å². The van der Waals surface area contributed by atoms with Gasteiger partial charge >= 0.3 is 0 Å². The van der Waals surface area contributed by atoms with E-state index in [1.54, 1.807) is 4.90 Å². The maximum atomic E-state index is 13.8. The minimum absolute atomic E-state index is 0.0161. The number of nitrogens with zero attached hydrogens (tertiary/aromatic N) is 1. The van der Waals surface area contributed by atoms with Gasteiger partial charge < -0.3 is 15.0 Å². The Morgan fingerprint density at radius 2 is 1.77 bits per heavy atom. The Bertz CT molecular complexity index is 861. The number of hydrogen-bond acceptors (Lipinski definition) is 5. The zero-order valence-corrected chi connectivity index (χ0v) is 18.7. The molecule has 1 aliphatic carbocycles. The molecule has 0 saturated heterocycles. The maximum Gasteiger partial charge on any atom is 0.240 e. The topological polar surface area (TPSA) is 75.4 Å². The molecule has 2 atom stereocenters. The second kappa shape index (κ2) is 10.2. The van der Waals surface area contributed by atoms with Crippen LogP contribution in [-0.2, 0) is 29.0 Å². The fourth-order valence-electron chi connectivity index (χ4n) is 4.42. The van der Waals surface area contributed by atoms with Gasteiger partial charge in [0, 0.05) is 11.4 Å². The predicted octanol–water partition coefficient (Wildman–Crippen LogP) is 3.21. The first-order valence-electron chi connectivity index (χ1n) is 10.4. The number of rotatable bonds is 9. The molecule has 0 radical (unpaired) electrons. The molecule has 1 aliphatic rings. The van der Waals surface area contributed by atoms with Crippen LogP contribution >= 0.6 is 11.9 Å². The summed E-state index contributed by atoms with van der Waals surface area (Å²) in [6.07, 6.45) is 2.63. The van der Waals surface area contributed by atoms with Crippen molar-refractivity contribution in [3.8, 4) is 0 Å². The van der Waals surface area contributed by atoms with Crippen LogP contribution in [0.15, 0.2) is 53.4 Å². The van der Waals surface area contributed by atoms with Crippen molar-refractivity contribution < 1.29 is 9.59 Å². The number of benzene rings is 2. The average Bonchev–Trinajstić information content (AvgIpc) is 3.17. The van der Waals surface area contributed by atoms with Gasteiger partial charge in [-0.25, -0.2) is 0 Å². The monoisotopic (exact) mass is 425 g/mol. The first-order chi connectivity index (χ1) is 14.5. The Morgan fingerprint density at radius 3 is 2.30 bits per heavy atom. The highest BCUT2D eigenvalue weighted by Crippen LogP contribution is 2.30. The molecule has 3 N–H and O–H groups in total. The van der Waals surface area contributed by atoms with Crippen molar-refractivity contribution >= 4 is 24.1 Å². The number of hydrogen-bond donors (Lipinski definition) is 2. The normalized spacial score (nSPS) is 15.6. The Hall–Kier alpha value is -2.15. The fraction of sp³-hybridized carbons (Fsp3) is 0.417. The van der Waals surface area contributed by atoms with E-state index in [2.05, 4.69) is 17.4 Å². The molecular formula is C24H31N3O2S. The van der Waals surface area contributed by atoms with Crippen LogP contribution < -0.4 is 10.5 Å². The third kappa shape index (κ3) is 4.77. The number of fused-ring (bicyclic) bond motifs is 1. The maximum absolute atomic E-state index is 13.8. The lowest BCUT2D eigenvalue weighted by Crippen LogP contribution is -2.54. The molecule has 0 bridgehead atoms. The van der Waals surface area contributed by atoms with Crippen molar-refractivity contribution in [3.05, 3.63) is 65.2 Å². The molecule has 160 valence electrons. The zero-order chi connectivity index (χ0) is 21.7. The summed E-state index contributed by atoms with van der Waals surface area (Å²) in [5.74, 6) is 0.154. The summed E-state index contributed by atoms with van der Waals surface area (Å²) in [6, 6.07) is 15.3. The number of aldehydes is 1. The van der Waals surface area contributed by atoms with Gasteiger partial charge in [-0.1, -0.05) is 56.3 Å². The first-order valence-corrected chi connectivity index (χ1v) is 11.3. The van der Waals surface area contributed by atoms with Crippen LogP contribution in [0, 0.1) is 11.8 Å². The van der Waals surface area contributed by atoms with Gasteiger partial charge in [0.1, 0.15) is 6.29 Å². The first kappa shape index (κ1) is 22.5. The van der Waals surface area contributed by atoms with E-state index < -0.39 is 6.04 Å². The molecule has 0 heterocycles. The van der Waals surface area contributed by atoms with Crippen LogP contribution in [0.3, 0.4) is 0 Å². The molecule has 6 heteroatoms. The van der Waals surface area contributed by atoms with E-state index in [9.17, 15) is 9.59 Å². The van der Waals surface area contributed by atoms with Crippen molar-refractivity contribution in [2.75, 3.05) is 7.05 Å². The minimum Gasteiger partial charge on any atom is -0.327 e. The standard InChI is InChI=1S/C24H31N3O2S/c1-16(2)21(15-28)27(14-19-10-6-7-11-22(19)30-25)24(29)23(26-3)20-12-17-8-4-5-9-18(17)13-20/h4-11,15-16,20-21,23,26H,12-14,25H2,1-3H3. The van der Waals surface area contributed by atoms with Crippen LogP contribution in [0.5, 0.6) is 0 Å². The highest BCUT2D eigenvalue weighted by Gasteiger charge is 2.37. The number of nitrogens with two attached hydrogens (primary N) is 1. The molecule has 3 rings (SSSR count). The Kier molecular flexibility index (Phi) is 7.69. The minimum atomic E-state index is -0.493. The second-order valence-corrected chi connectivity index (χ2v) is 8.94. The Balaban J connectivity index is 1.89. The van der Waals surface area contributed by atoms with Gasteiger partial charge in [-0.3, -0.25) is 9.93 Å². The third-order valence-corrected chi connectivity index (χ3v) is 6.69. The van der Waals surface area contributed by atoms with Gasteiger partial charge in [0.05, 0.1) is 12.1 Å².